The monoisotopic (exact) mass is 254 g/mol. The van der Waals surface area contributed by atoms with E-state index in [1.54, 1.807) is 0 Å². The first-order chi connectivity index (χ1) is 7.95. The highest BCUT2D eigenvalue weighted by Gasteiger charge is 2.19. The van der Waals surface area contributed by atoms with E-state index in [9.17, 15) is 0 Å². The zero-order chi connectivity index (χ0) is 12.9. The number of nitrogens with one attached hydrogen (secondary N) is 1. The molecule has 2 nitrogen and oxygen atoms in total. The van der Waals surface area contributed by atoms with Crippen LogP contribution in [0.3, 0.4) is 0 Å². The van der Waals surface area contributed by atoms with E-state index in [1.165, 1.54) is 0 Å². The van der Waals surface area contributed by atoms with Crippen LogP contribution in [0.2, 0.25) is 5.02 Å². The molecule has 96 valence electrons. The molecule has 0 saturated carbocycles. The van der Waals surface area contributed by atoms with Gasteiger partial charge in [-0.1, -0.05) is 18.5 Å². The molecular weight excluding hydrogens is 232 g/mol. The molecule has 0 spiro atoms. The van der Waals surface area contributed by atoms with Crippen molar-refractivity contribution in [3.8, 4) is 0 Å². The second-order valence-corrected chi connectivity index (χ2v) is 5.46. The Balaban J connectivity index is 2.35. The minimum atomic E-state index is 0.266. The van der Waals surface area contributed by atoms with Crippen LogP contribution in [0.5, 0.6) is 0 Å². The van der Waals surface area contributed by atoms with Crippen molar-refractivity contribution < 1.29 is 0 Å². The van der Waals surface area contributed by atoms with Gasteiger partial charge >= 0.3 is 0 Å². The number of hydrogen-bond donors (Lipinski definition) is 1. The fourth-order valence-electron chi connectivity index (χ4n) is 1.51. The highest BCUT2D eigenvalue weighted by molar-refractivity contribution is 6.30. The maximum Gasteiger partial charge on any atom is 0.0407 e. The van der Waals surface area contributed by atoms with E-state index in [0.717, 1.165) is 30.2 Å². The van der Waals surface area contributed by atoms with Crippen LogP contribution in [0.4, 0.5) is 5.69 Å². The van der Waals surface area contributed by atoms with Crippen LogP contribution in [-0.4, -0.2) is 30.6 Å². The topological polar surface area (TPSA) is 15.3 Å². The molecule has 3 heteroatoms. The lowest BCUT2D eigenvalue weighted by atomic mass is 10.0. The Labute approximate surface area is 110 Å². The number of hydrogen-bond acceptors (Lipinski definition) is 2. The van der Waals surface area contributed by atoms with Gasteiger partial charge in [-0.25, -0.2) is 0 Å². The van der Waals surface area contributed by atoms with Gasteiger partial charge in [-0.3, -0.25) is 4.90 Å². The molecule has 0 aliphatic carbocycles. The molecule has 0 unspecified atom stereocenters. The van der Waals surface area contributed by atoms with Gasteiger partial charge in [-0.2, -0.15) is 0 Å². The number of rotatable bonds is 6. The second kappa shape index (κ2) is 6.27. The predicted octanol–water partition coefficient (Wildman–Crippen LogP) is 3.87. The molecule has 0 fully saturated rings. The van der Waals surface area contributed by atoms with Crippen LogP contribution in [0, 0.1) is 0 Å². The lowest BCUT2D eigenvalue weighted by Crippen LogP contribution is -2.42. The van der Waals surface area contributed by atoms with Gasteiger partial charge in [0.25, 0.3) is 0 Å². The predicted molar refractivity (Wildman–Crippen MR) is 76.9 cm³/mol. The molecule has 0 amide bonds. The largest absolute Gasteiger partial charge is 0.384 e. The summed E-state index contributed by atoms with van der Waals surface area (Å²) in [5.41, 5.74) is 1.39. The number of benzene rings is 1. The lowest BCUT2D eigenvalue weighted by molar-refractivity contribution is 0.157. The fourth-order valence-corrected chi connectivity index (χ4v) is 1.63. The molecule has 0 saturated heterocycles. The molecule has 0 aromatic heterocycles. The number of likely N-dealkylation sites (N-methyl/N-ethyl adjacent to an activating group) is 1. The standard InChI is InChI=1S/C14H23ClN2/c1-5-14(2,3)17(4)11-10-16-13-8-6-12(15)7-9-13/h6-9,16H,5,10-11H2,1-4H3. The van der Waals surface area contributed by atoms with Crippen molar-refractivity contribution in [1.29, 1.82) is 0 Å². The fraction of sp³-hybridized carbons (Fsp3) is 0.571. The third-order valence-electron chi connectivity index (χ3n) is 3.52. The van der Waals surface area contributed by atoms with Gasteiger partial charge in [-0.05, 0) is 51.6 Å². The second-order valence-electron chi connectivity index (χ2n) is 5.02. The minimum absolute atomic E-state index is 0.266. The summed E-state index contributed by atoms with van der Waals surface area (Å²) < 4.78 is 0. The molecule has 1 aromatic carbocycles. The summed E-state index contributed by atoms with van der Waals surface area (Å²) in [6.07, 6.45) is 1.16. The van der Waals surface area contributed by atoms with Gasteiger partial charge in [0, 0.05) is 29.3 Å². The first kappa shape index (κ1) is 14.3. The van der Waals surface area contributed by atoms with E-state index in [1.807, 2.05) is 24.3 Å². The van der Waals surface area contributed by atoms with E-state index in [-0.39, 0.29) is 5.54 Å². The summed E-state index contributed by atoms with van der Waals surface area (Å²) in [6.45, 7) is 8.75. The van der Waals surface area contributed by atoms with E-state index in [4.69, 9.17) is 11.6 Å². The lowest BCUT2D eigenvalue weighted by Gasteiger charge is -2.34. The SMILES string of the molecule is CCC(C)(C)N(C)CCNc1ccc(Cl)cc1. The maximum atomic E-state index is 5.84. The van der Waals surface area contributed by atoms with Crippen molar-refractivity contribution >= 4 is 17.3 Å². The molecule has 0 aliphatic heterocycles. The summed E-state index contributed by atoms with van der Waals surface area (Å²) >= 11 is 5.84. The Kier molecular flexibility index (Phi) is 5.29. The molecule has 1 aromatic rings. The van der Waals surface area contributed by atoms with Crippen LogP contribution in [0.1, 0.15) is 27.2 Å². The van der Waals surface area contributed by atoms with Gasteiger partial charge in [0.1, 0.15) is 0 Å². The summed E-state index contributed by atoms with van der Waals surface area (Å²) in [5, 5.41) is 4.18. The highest BCUT2D eigenvalue weighted by Crippen LogP contribution is 2.16. The smallest absolute Gasteiger partial charge is 0.0407 e. The average molecular weight is 255 g/mol. The Morgan fingerprint density at radius 1 is 1.24 bits per heavy atom. The number of nitrogens with zero attached hydrogens (tertiary/aromatic N) is 1. The third-order valence-corrected chi connectivity index (χ3v) is 3.77. The van der Waals surface area contributed by atoms with Gasteiger partial charge in [0.15, 0.2) is 0 Å². The molecule has 17 heavy (non-hydrogen) atoms. The molecular formula is C14H23ClN2. The van der Waals surface area contributed by atoms with E-state index < -0.39 is 0 Å². The average Bonchev–Trinajstić information content (AvgIpc) is 2.31. The van der Waals surface area contributed by atoms with Gasteiger partial charge in [0.05, 0.1) is 0 Å². The van der Waals surface area contributed by atoms with Crippen molar-refractivity contribution in [2.45, 2.75) is 32.7 Å². The van der Waals surface area contributed by atoms with Crippen molar-refractivity contribution in [3.63, 3.8) is 0 Å². The Morgan fingerprint density at radius 2 is 1.82 bits per heavy atom. The maximum absolute atomic E-state index is 5.84. The van der Waals surface area contributed by atoms with Crippen molar-refractivity contribution in [1.82, 2.24) is 4.90 Å². The summed E-state index contributed by atoms with van der Waals surface area (Å²) in [5.74, 6) is 0. The van der Waals surface area contributed by atoms with E-state index in [0.29, 0.717) is 0 Å². The van der Waals surface area contributed by atoms with Gasteiger partial charge in [-0.15, -0.1) is 0 Å². The van der Waals surface area contributed by atoms with E-state index >= 15 is 0 Å². The molecule has 1 N–H and O–H groups in total. The zero-order valence-electron chi connectivity index (χ0n) is 11.3. The summed E-state index contributed by atoms with van der Waals surface area (Å²) in [7, 11) is 2.17. The normalized spacial score (nSPS) is 11.9. The zero-order valence-corrected chi connectivity index (χ0v) is 12.0. The molecule has 0 heterocycles. The molecule has 1 rings (SSSR count). The Bertz CT molecular complexity index is 333. The minimum Gasteiger partial charge on any atom is -0.384 e. The third kappa shape index (κ3) is 4.57. The van der Waals surface area contributed by atoms with Crippen molar-refractivity contribution in [2.75, 3.05) is 25.5 Å². The van der Waals surface area contributed by atoms with E-state index in [2.05, 4.69) is 38.0 Å². The van der Waals surface area contributed by atoms with Crippen molar-refractivity contribution in [2.24, 2.45) is 0 Å². The molecule has 0 aliphatic rings. The summed E-state index contributed by atoms with van der Waals surface area (Å²) in [6, 6.07) is 7.83. The van der Waals surface area contributed by atoms with Crippen LogP contribution < -0.4 is 5.32 Å². The first-order valence-corrected chi connectivity index (χ1v) is 6.54. The number of halogens is 1. The van der Waals surface area contributed by atoms with Crippen LogP contribution >= 0.6 is 11.6 Å². The molecule has 0 radical (unpaired) electrons. The number of anilines is 1. The molecule has 0 atom stereocenters. The molecule has 0 bridgehead atoms. The van der Waals surface area contributed by atoms with Gasteiger partial charge < -0.3 is 5.32 Å². The Hall–Kier alpha value is -0.730. The van der Waals surface area contributed by atoms with Crippen LogP contribution in [0.25, 0.3) is 0 Å². The highest BCUT2D eigenvalue weighted by atomic mass is 35.5. The first-order valence-electron chi connectivity index (χ1n) is 6.16. The van der Waals surface area contributed by atoms with Crippen LogP contribution in [-0.2, 0) is 0 Å². The summed E-state index contributed by atoms with van der Waals surface area (Å²) in [4.78, 5) is 2.38. The van der Waals surface area contributed by atoms with Crippen molar-refractivity contribution in [3.05, 3.63) is 29.3 Å². The van der Waals surface area contributed by atoms with Crippen LogP contribution in [0.15, 0.2) is 24.3 Å². The van der Waals surface area contributed by atoms with Gasteiger partial charge in [0.2, 0.25) is 0 Å². The quantitative estimate of drug-likeness (QED) is 0.829. The Morgan fingerprint density at radius 3 is 2.35 bits per heavy atom.